The molecule has 0 spiro atoms. The highest BCUT2D eigenvalue weighted by Gasteiger charge is 2.31. The molecule has 0 unspecified atom stereocenters. The zero-order valence-corrected chi connectivity index (χ0v) is 10.1. The lowest BCUT2D eigenvalue weighted by molar-refractivity contribution is -0.274. The molecule has 3 nitrogen and oxygen atoms in total. The van der Waals surface area contributed by atoms with E-state index in [4.69, 9.17) is 5.26 Å². The second kappa shape index (κ2) is 5.77. The Kier molecular flexibility index (Phi) is 4.63. The van der Waals surface area contributed by atoms with E-state index in [1.54, 1.807) is 0 Å². The molecule has 0 heterocycles. The first-order valence-electron chi connectivity index (χ1n) is 4.58. The SMILES string of the molecule is N#CCCNc1ccc(OC(F)(F)F)c(Br)c1. The van der Waals surface area contributed by atoms with Crippen molar-refractivity contribution >= 4 is 21.6 Å². The maximum atomic E-state index is 12.0. The molecule has 0 fully saturated rings. The van der Waals surface area contributed by atoms with E-state index in [9.17, 15) is 13.2 Å². The third-order valence-corrected chi connectivity index (χ3v) is 2.34. The van der Waals surface area contributed by atoms with Gasteiger partial charge in [-0.05, 0) is 34.1 Å². The lowest BCUT2D eigenvalue weighted by Crippen LogP contribution is -2.17. The van der Waals surface area contributed by atoms with Gasteiger partial charge >= 0.3 is 6.36 Å². The number of nitriles is 1. The van der Waals surface area contributed by atoms with Crippen LogP contribution in [0, 0.1) is 11.3 Å². The van der Waals surface area contributed by atoms with Crippen molar-refractivity contribution in [2.24, 2.45) is 0 Å². The second-order valence-corrected chi connectivity index (χ2v) is 3.88. The highest BCUT2D eigenvalue weighted by molar-refractivity contribution is 9.10. The lowest BCUT2D eigenvalue weighted by Gasteiger charge is -2.12. The van der Waals surface area contributed by atoms with E-state index in [0.717, 1.165) is 0 Å². The number of ether oxygens (including phenoxy) is 1. The van der Waals surface area contributed by atoms with Gasteiger partial charge < -0.3 is 10.1 Å². The quantitative estimate of drug-likeness (QED) is 0.863. The topological polar surface area (TPSA) is 45.0 Å². The van der Waals surface area contributed by atoms with Crippen LogP contribution in [0.1, 0.15) is 6.42 Å². The molecule has 0 amide bonds. The minimum Gasteiger partial charge on any atom is -0.405 e. The summed E-state index contributed by atoms with van der Waals surface area (Å²) in [5.74, 6) is -0.302. The number of hydrogen-bond acceptors (Lipinski definition) is 3. The number of halogens is 4. The number of nitrogens with zero attached hydrogens (tertiary/aromatic N) is 1. The Labute approximate surface area is 104 Å². The molecular formula is C10H8BrF3N2O. The first kappa shape index (κ1) is 13.6. The summed E-state index contributed by atoms with van der Waals surface area (Å²) >= 11 is 2.98. The molecule has 0 saturated heterocycles. The van der Waals surface area contributed by atoms with Gasteiger partial charge in [-0.15, -0.1) is 13.2 Å². The summed E-state index contributed by atoms with van der Waals surface area (Å²) in [6.45, 7) is 0.433. The van der Waals surface area contributed by atoms with Crippen molar-refractivity contribution in [3.63, 3.8) is 0 Å². The minimum atomic E-state index is -4.71. The zero-order chi connectivity index (χ0) is 12.9. The Hall–Kier alpha value is -1.42. The maximum Gasteiger partial charge on any atom is 0.573 e. The van der Waals surface area contributed by atoms with Gasteiger partial charge in [0, 0.05) is 12.2 Å². The van der Waals surface area contributed by atoms with Crippen molar-refractivity contribution < 1.29 is 17.9 Å². The summed E-state index contributed by atoms with van der Waals surface area (Å²) in [6, 6.07) is 6.05. The molecule has 1 aromatic rings. The standard InChI is InChI=1S/C10H8BrF3N2O/c11-8-6-7(16-5-1-4-15)2-3-9(8)17-10(12,13)14/h2-3,6,16H,1,5H2. The van der Waals surface area contributed by atoms with E-state index in [1.807, 2.05) is 6.07 Å². The molecular weight excluding hydrogens is 301 g/mol. The Bertz CT molecular complexity index is 429. The molecule has 7 heteroatoms. The van der Waals surface area contributed by atoms with Gasteiger partial charge in [0.05, 0.1) is 17.0 Å². The predicted molar refractivity (Wildman–Crippen MR) is 59.5 cm³/mol. The largest absolute Gasteiger partial charge is 0.573 e. The van der Waals surface area contributed by atoms with E-state index in [2.05, 4.69) is 26.0 Å². The summed E-state index contributed by atoms with van der Waals surface area (Å²) in [5.41, 5.74) is 0.613. The smallest absolute Gasteiger partial charge is 0.405 e. The maximum absolute atomic E-state index is 12.0. The molecule has 0 aliphatic heterocycles. The molecule has 17 heavy (non-hydrogen) atoms. The Morgan fingerprint density at radius 3 is 2.65 bits per heavy atom. The van der Waals surface area contributed by atoms with Crippen LogP contribution in [0.4, 0.5) is 18.9 Å². The van der Waals surface area contributed by atoms with Crippen LogP contribution in [0.15, 0.2) is 22.7 Å². The van der Waals surface area contributed by atoms with Crippen LogP contribution in [0.2, 0.25) is 0 Å². The Morgan fingerprint density at radius 2 is 2.12 bits per heavy atom. The fraction of sp³-hybridized carbons (Fsp3) is 0.300. The predicted octanol–water partition coefficient (Wildman–Crippen LogP) is 3.67. The zero-order valence-electron chi connectivity index (χ0n) is 8.51. The van der Waals surface area contributed by atoms with Gasteiger partial charge in [-0.2, -0.15) is 5.26 Å². The number of benzene rings is 1. The minimum absolute atomic E-state index is 0.191. The molecule has 0 saturated carbocycles. The van der Waals surface area contributed by atoms with E-state index in [-0.39, 0.29) is 10.2 Å². The average molecular weight is 309 g/mol. The third kappa shape index (κ3) is 4.95. The molecule has 0 aliphatic carbocycles. The Morgan fingerprint density at radius 1 is 1.41 bits per heavy atom. The molecule has 0 radical (unpaired) electrons. The van der Waals surface area contributed by atoms with Gasteiger partial charge in [-0.25, -0.2) is 0 Å². The van der Waals surface area contributed by atoms with Gasteiger partial charge in [0.1, 0.15) is 5.75 Å². The number of hydrogen-bond donors (Lipinski definition) is 1. The summed E-state index contributed by atoms with van der Waals surface area (Å²) in [7, 11) is 0. The monoisotopic (exact) mass is 308 g/mol. The van der Waals surface area contributed by atoms with E-state index >= 15 is 0 Å². The normalized spacial score (nSPS) is 10.8. The molecule has 0 bridgehead atoms. The third-order valence-electron chi connectivity index (χ3n) is 1.72. The second-order valence-electron chi connectivity index (χ2n) is 3.03. The van der Waals surface area contributed by atoms with E-state index < -0.39 is 6.36 Å². The van der Waals surface area contributed by atoms with Crippen LogP contribution < -0.4 is 10.1 Å². The van der Waals surface area contributed by atoms with Gasteiger partial charge in [-0.1, -0.05) is 0 Å². The summed E-state index contributed by atoms with van der Waals surface area (Å²) in [6.07, 6.45) is -4.39. The number of rotatable bonds is 4. The van der Waals surface area contributed by atoms with Crippen molar-refractivity contribution in [3.05, 3.63) is 22.7 Å². The molecule has 0 aliphatic rings. The van der Waals surface area contributed by atoms with Gasteiger partial charge in [-0.3, -0.25) is 0 Å². The van der Waals surface area contributed by atoms with Crippen LogP contribution >= 0.6 is 15.9 Å². The van der Waals surface area contributed by atoms with Gasteiger partial charge in [0.2, 0.25) is 0 Å². The van der Waals surface area contributed by atoms with Crippen LogP contribution in [0.25, 0.3) is 0 Å². The summed E-state index contributed by atoms with van der Waals surface area (Å²) < 4.78 is 39.9. The van der Waals surface area contributed by atoms with E-state index in [0.29, 0.717) is 18.7 Å². The number of nitrogens with one attached hydrogen (secondary N) is 1. The van der Waals surface area contributed by atoms with Crippen molar-refractivity contribution in [3.8, 4) is 11.8 Å². The first-order valence-corrected chi connectivity index (χ1v) is 5.38. The molecule has 92 valence electrons. The average Bonchev–Trinajstić information content (AvgIpc) is 2.21. The van der Waals surface area contributed by atoms with Crippen molar-refractivity contribution in [1.29, 1.82) is 5.26 Å². The summed E-state index contributed by atoms with van der Waals surface area (Å²) in [5, 5.41) is 11.2. The fourth-order valence-electron chi connectivity index (χ4n) is 1.08. The molecule has 0 aromatic heterocycles. The van der Waals surface area contributed by atoms with Crippen molar-refractivity contribution in [2.75, 3.05) is 11.9 Å². The van der Waals surface area contributed by atoms with Crippen LogP contribution in [0.5, 0.6) is 5.75 Å². The number of anilines is 1. The van der Waals surface area contributed by atoms with Crippen LogP contribution in [-0.4, -0.2) is 12.9 Å². The molecule has 1 aromatic carbocycles. The molecule has 1 rings (SSSR count). The van der Waals surface area contributed by atoms with Gasteiger partial charge in [0.15, 0.2) is 0 Å². The fourth-order valence-corrected chi connectivity index (χ4v) is 1.54. The van der Waals surface area contributed by atoms with Crippen molar-refractivity contribution in [1.82, 2.24) is 0 Å². The highest BCUT2D eigenvalue weighted by Crippen LogP contribution is 2.32. The summed E-state index contributed by atoms with van der Waals surface area (Å²) in [4.78, 5) is 0. The molecule has 0 atom stereocenters. The van der Waals surface area contributed by atoms with Crippen LogP contribution in [0.3, 0.4) is 0 Å². The van der Waals surface area contributed by atoms with E-state index in [1.165, 1.54) is 18.2 Å². The lowest BCUT2D eigenvalue weighted by atomic mass is 10.3. The van der Waals surface area contributed by atoms with Gasteiger partial charge in [0.25, 0.3) is 0 Å². The highest BCUT2D eigenvalue weighted by atomic mass is 79.9. The molecule has 1 N–H and O–H groups in total. The Balaban J connectivity index is 2.70. The number of alkyl halides is 3. The first-order chi connectivity index (χ1) is 7.92. The van der Waals surface area contributed by atoms with Crippen LogP contribution in [-0.2, 0) is 0 Å². The van der Waals surface area contributed by atoms with Crippen molar-refractivity contribution in [2.45, 2.75) is 12.8 Å².